The zero-order valence-corrected chi connectivity index (χ0v) is 25.3. The molecule has 3 aromatic heterocycles. The minimum atomic E-state index is -4.78. The lowest BCUT2D eigenvalue weighted by Crippen LogP contribution is -2.38. The average molecular weight is 689 g/mol. The molecule has 48 heavy (non-hydrogen) atoms. The third-order valence-corrected chi connectivity index (χ3v) is 8.30. The summed E-state index contributed by atoms with van der Waals surface area (Å²) in [6, 6.07) is 7.65. The monoisotopic (exact) mass is 688 g/mol. The van der Waals surface area contributed by atoms with Crippen LogP contribution in [0, 0.1) is 16.8 Å². The molecule has 2 aromatic carbocycles. The highest BCUT2D eigenvalue weighted by Crippen LogP contribution is 2.33. The Morgan fingerprint density at radius 2 is 1.77 bits per heavy atom. The summed E-state index contributed by atoms with van der Waals surface area (Å²) in [6.07, 6.45) is 1.15. The number of hydrogen-bond acceptors (Lipinski definition) is 5. The van der Waals surface area contributed by atoms with Gasteiger partial charge >= 0.3 is 17.8 Å². The zero-order valence-electron chi connectivity index (χ0n) is 24.6. The summed E-state index contributed by atoms with van der Waals surface area (Å²) in [6.45, 7) is 1.08. The van der Waals surface area contributed by atoms with Gasteiger partial charge < -0.3 is 15.2 Å². The van der Waals surface area contributed by atoms with Crippen molar-refractivity contribution in [3.8, 4) is 27.9 Å². The minimum absolute atomic E-state index is 0.0193. The van der Waals surface area contributed by atoms with Crippen LogP contribution in [0.4, 0.5) is 22.0 Å². The van der Waals surface area contributed by atoms with Gasteiger partial charge in [-0.25, -0.2) is 13.6 Å². The van der Waals surface area contributed by atoms with Crippen molar-refractivity contribution < 1.29 is 46.1 Å². The number of carbonyl (C=O) groups is 2. The van der Waals surface area contributed by atoms with Crippen molar-refractivity contribution in [1.29, 1.82) is 0 Å². The minimum Gasteiger partial charge on any atom is -0.618 e. The van der Waals surface area contributed by atoms with E-state index in [0.717, 1.165) is 41.9 Å². The average Bonchev–Trinajstić information content (AvgIpc) is 3.83. The molecule has 1 amide bonds. The number of hydrogen-bond donors (Lipinski definition) is 2. The number of nitrogens with zero attached hydrogens (tertiary/aromatic N) is 6. The summed E-state index contributed by atoms with van der Waals surface area (Å²) in [4.78, 5) is 26.2. The first-order valence-electron chi connectivity index (χ1n) is 14.4. The van der Waals surface area contributed by atoms with Gasteiger partial charge in [-0.05, 0) is 48.7 Å². The van der Waals surface area contributed by atoms with Gasteiger partial charge in [0.05, 0.1) is 39.4 Å². The first-order valence-corrected chi connectivity index (χ1v) is 14.8. The van der Waals surface area contributed by atoms with Crippen LogP contribution in [0.2, 0.25) is 5.02 Å². The Morgan fingerprint density at radius 1 is 1.04 bits per heavy atom. The van der Waals surface area contributed by atoms with Gasteiger partial charge in [0, 0.05) is 30.9 Å². The van der Waals surface area contributed by atoms with Crippen LogP contribution in [-0.4, -0.2) is 55.1 Å². The highest BCUT2D eigenvalue weighted by atomic mass is 35.5. The lowest BCUT2D eigenvalue weighted by Gasteiger charge is -2.21. The van der Waals surface area contributed by atoms with Crippen LogP contribution in [-0.2, 0) is 11.0 Å². The van der Waals surface area contributed by atoms with Gasteiger partial charge in [0.1, 0.15) is 11.9 Å². The molecule has 0 aliphatic carbocycles. The number of H-pyrrole nitrogens is 1. The molecule has 2 N–H and O–H groups in total. The number of pyridine rings is 1. The van der Waals surface area contributed by atoms with Crippen molar-refractivity contribution in [1.82, 2.24) is 25.0 Å². The van der Waals surface area contributed by atoms with Crippen LogP contribution >= 0.6 is 11.6 Å². The Kier molecular flexibility index (Phi) is 8.59. The molecule has 1 aliphatic rings. The van der Waals surface area contributed by atoms with Crippen LogP contribution in [0.15, 0.2) is 67.3 Å². The standard InChI is InChI=1S/C31H23ClF5N7O4/c32-21-6-8-24(43-16-26(39-40-43)31(35,36)37)28(29(21)34)18-4-7-23(44(48)15-18)25(12-27(45)41-9-1-2-10-41)42-14-19(13-38-42)17-3-5-20(30(46)47)22(33)11-17/h3-8,11,13-16,25H,1-2,9-10,12H2,(H,46,47)/p+1. The molecule has 0 radical (unpaired) electrons. The van der Waals surface area contributed by atoms with E-state index in [4.69, 9.17) is 16.7 Å². The van der Waals surface area contributed by atoms with Crippen LogP contribution in [0.3, 0.4) is 0 Å². The number of carboxylic acids is 1. The second-order valence-corrected chi connectivity index (χ2v) is 11.4. The topological polar surface area (TPSA) is 135 Å². The van der Waals surface area contributed by atoms with Gasteiger partial charge in [-0.3, -0.25) is 9.48 Å². The molecule has 1 fully saturated rings. The number of aromatic nitrogens is 6. The van der Waals surface area contributed by atoms with E-state index in [9.17, 15) is 32.4 Å². The summed E-state index contributed by atoms with van der Waals surface area (Å²) in [5.74, 6) is -3.65. The molecule has 11 nitrogen and oxygen atoms in total. The van der Waals surface area contributed by atoms with Gasteiger partial charge in [0.25, 0.3) is 0 Å². The van der Waals surface area contributed by atoms with E-state index >= 15 is 4.39 Å². The third-order valence-electron chi connectivity index (χ3n) is 8.01. The van der Waals surface area contributed by atoms with E-state index in [1.807, 2.05) is 0 Å². The van der Waals surface area contributed by atoms with Crippen LogP contribution in [0.1, 0.15) is 47.1 Å². The second kappa shape index (κ2) is 12.7. The fourth-order valence-electron chi connectivity index (χ4n) is 5.58. The van der Waals surface area contributed by atoms with Gasteiger partial charge in [0.15, 0.2) is 23.9 Å². The maximum Gasteiger partial charge on any atom is 0.464 e. The van der Waals surface area contributed by atoms with Crippen molar-refractivity contribution in [2.75, 3.05) is 13.1 Å². The van der Waals surface area contributed by atoms with Crippen molar-refractivity contribution in [3.63, 3.8) is 0 Å². The lowest BCUT2D eigenvalue weighted by molar-refractivity contribution is -0.659. The number of likely N-dealkylation sites (tertiary alicyclic amines) is 1. The number of rotatable bonds is 8. The molecule has 0 bridgehead atoms. The largest absolute Gasteiger partial charge is 0.618 e. The van der Waals surface area contributed by atoms with E-state index in [2.05, 4.69) is 15.4 Å². The smallest absolute Gasteiger partial charge is 0.464 e. The molecule has 248 valence electrons. The molecule has 1 unspecified atom stereocenters. The normalized spacial score (nSPS) is 14.0. The fourth-order valence-corrected chi connectivity index (χ4v) is 5.74. The highest BCUT2D eigenvalue weighted by Gasteiger charge is 2.41. The summed E-state index contributed by atoms with van der Waals surface area (Å²) in [7, 11) is 0. The fraction of sp³-hybridized carbons (Fsp3) is 0.226. The number of aromatic carboxylic acids is 1. The van der Waals surface area contributed by atoms with Crippen LogP contribution < -0.4 is 9.41 Å². The molecular formula is C31H24ClF5N7O4+. The number of alkyl halides is 3. The summed E-state index contributed by atoms with van der Waals surface area (Å²) in [5, 5.41) is 32.2. The number of benzene rings is 2. The number of aromatic amines is 1. The number of amides is 1. The molecule has 1 atom stereocenters. The van der Waals surface area contributed by atoms with E-state index in [0.29, 0.717) is 35.1 Å². The Bertz CT molecular complexity index is 2040. The quantitative estimate of drug-likeness (QED) is 0.132. The lowest BCUT2D eigenvalue weighted by atomic mass is 10.0. The molecule has 1 aliphatic heterocycles. The van der Waals surface area contributed by atoms with E-state index in [-0.39, 0.29) is 39.9 Å². The summed E-state index contributed by atoms with van der Waals surface area (Å²) in [5.41, 5.74) is -1.54. The van der Waals surface area contributed by atoms with Crippen molar-refractivity contribution in [2.24, 2.45) is 0 Å². The number of carbonyl (C=O) groups excluding carboxylic acids is 1. The van der Waals surface area contributed by atoms with Crippen molar-refractivity contribution in [3.05, 3.63) is 106 Å². The Labute approximate surface area is 273 Å². The van der Waals surface area contributed by atoms with Crippen LogP contribution in [0.25, 0.3) is 27.9 Å². The molecule has 0 saturated carbocycles. The van der Waals surface area contributed by atoms with Gasteiger partial charge in [-0.15, -0.1) is 4.68 Å². The molecule has 17 heteroatoms. The van der Waals surface area contributed by atoms with Crippen LogP contribution in [0.5, 0.6) is 0 Å². The summed E-state index contributed by atoms with van der Waals surface area (Å²) < 4.78 is 72.3. The Morgan fingerprint density at radius 3 is 2.42 bits per heavy atom. The van der Waals surface area contributed by atoms with Gasteiger partial charge in [0.2, 0.25) is 11.6 Å². The van der Waals surface area contributed by atoms with Gasteiger partial charge in [-0.1, -0.05) is 22.9 Å². The predicted octanol–water partition coefficient (Wildman–Crippen LogP) is 5.10. The predicted molar refractivity (Wildman–Crippen MR) is 158 cm³/mol. The molecule has 5 aromatic rings. The molecule has 4 heterocycles. The maximum atomic E-state index is 15.5. The molecular weight excluding hydrogens is 665 g/mol. The maximum absolute atomic E-state index is 15.5. The Hall–Kier alpha value is -5.38. The van der Waals surface area contributed by atoms with E-state index < -0.39 is 41.1 Å². The zero-order chi connectivity index (χ0) is 34.3. The molecule has 0 spiro atoms. The van der Waals surface area contributed by atoms with Crippen molar-refractivity contribution >= 4 is 23.5 Å². The van der Waals surface area contributed by atoms with Gasteiger partial charge in [-0.2, -0.15) is 23.0 Å². The number of carboxylic acid groups (broad SMARTS) is 1. The van der Waals surface area contributed by atoms with E-state index in [1.54, 1.807) is 4.90 Å². The van der Waals surface area contributed by atoms with E-state index in [1.165, 1.54) is 41.3 Å². The Balaban J connectivity index is 1.40. The number of nitrogens with one attached hydrogen (secondary N) is 1. The molecule has 6 rings (SSSR count). The van der Waals surface area contributed by atoms with Crippen molar-refractivity contribution in [2.45, 2.75) is 31.5 Å². The number of halogens is 6. The second-order valence-electron chi connectivity index (χ2n) is 11.0. The SMILES string of the molecule is O=C(O)c1ccc(-c2cnn(C(CC(=O)N3CCCC3)c3ccc(-c4c(-[n+]5cc(C(F)(F)F)n[nH]5)ccc(Cl)c4F)c[n+]3[O-])c2)cc1F. The highest BCUT2D eigenvalue weighted by molar-refractivity contribution is 6.31. The first-order chi connectivity index (χ1) is 22.8. The first kappa shape index (κ1) is 32.6. The summed E-state index contributed by atoms with van der Waals surface area (Å²) >= 11 is 6.03. The molecule has 1 saturated heterocycles. The third kappa shape index (κ3) is 6.30.